The zero-order valence-corrected chi connectivity index (χ0v) is 72.9. The minimum Gasteiger partial charge on any atom is -0.494 e. The second kappa shape index (κ2) is 51.7. The number of hydrogen-bond donors (Lipinski definition) is 1. The van der Waals surface area contributed by atoms with E-state index in [1.54, 1.807) is 14.2 Å². The van der Waals surface area contributed by atoms with E-state index in [0.29, 0.717) is 5.41 Å². The first-order chi connectivity index (χ1) is 51.8. The summed E-state index contributed by atoms with van der Waals surface area (Å²) in [5.41, 5.74) is 16.3. The van der Waals surface area contributed by atoms with Crippen LogP contribution < -0.4 is 14.8 Å². The average molecular weight is 1490 g/mol. The van der Waals surface area contributed by atoms with E-state index in [1.165, 1.54) is 66.8 Å². The van der Waals surface area contributed by atoms with Gasteiger partial charge in [-0.05, 0) is 193 Å². The second-order valence-electron chi connectivity index (χ2n) is 32.7. The Labute approximate surface area is 665 Å². The molecule has 0 saturated carbocycles. The highest BCUT2D eigenvalue weighted by Gasteiger charge is 2.45. The van der Waals surface area contributed by atoms with Gasteiger partial charge in [-0.2, -0.15) is 0 Å². The third kappa shape index (κ3) is 36.4. The number of aryl methyl sites for hydroxylation is 2. The minimum atomic E-state index is -0.254. The van der Waals surface area contributed by atoms with E-state index in [-0.39, 0.29) is 32.9 Å². The summed E-state index contributed by atoms with van der Waals surface area (Å²) in [6, 6.07) is 86.1. The molecule has 0 aromatic heterocycles. The Hall–Kier alpha value is -7.66. The molecule has 0 unspecified atom stereocenters. The van der Waals surface area contributed by atoms with Crippen molar-refractivity contribution in [2.24, 2.45) is 10.8 Å². The molecule has 0 aliphatic heterocycles. The molecule has 1 aliphatic carbocycles. The van der Waals surface area contributed by atoms with Crippen molar-refractivity contribution in [3.8, 4) is 22.6 Å². The summed E-state index contributed by atoms with van der Waals surface area (Å²) in [7, 11) is 7.00. The number of hydrogen-bond acceptors (Lipinski definition) is 8. The molecule has 0 spiro atoms. The summed E-state index contributed by atoms with van der Waals surface area (Å²) in [6.45, 7) is 53.4. The fraction of sp³-hybridized carbons (Fsp3) is 0.465. The van der Waals surface area contributed by atoms with Gasteiger partial charge in [-0.1, -0.05) is 326 Å². The van der Waals surface area contributed by atoms with Crippen LogP contribution >= 0.6 is 0 Å². The van der Waals surface area contributed by atoms with Crippen LogP contribution in [-0.2, 0) is 39.9 Å². The van der Waals surface area contributed by atoms with Gasteiger partial charge in [0.15, 0.2) is 0 Å². The smallest absolute Gasteiger partial charge is 0.119 e. The van der Waals surface area contributed by atoms with Crippen molar-refractivity contribution in [2.45, 2.75) is 218 Å². The summed E-state index contributed by atoms with van der Waals surface area (Å²) in [4.78, 5) is 0. The molecule has 9 aromatic rings. The molecule has 1 N–H and O–H groups in total. The van der Waals surface area contributed by atoms with Crippen LogP contribution in [0.1, 0.15) is 233 Å². The van der Waals surface area contributed by atoms with Crippen LogP contribution in [0.25, 0.3) is 11.1 Å². The maximum absolute atomic E-state index is 5.74. The van der Waals surface area contributed by atoms with E-state index in [1.807, 2.05) is 14.1 Å². The van der Waals surface area contributed by atoms with Crippen LogP contribution in [-0.4, -0.2) is 92.4 Å². The standard InChI is InChI=1S/C25H18.C21H28O2.C15H32O3.C15H16.C8H18O.C8H10.C5H12.C2H7N.C2H6O/c1-3-11-19(12-4-1)25(20-13-5-2-6-14-20)23-17-9-7-15-21(23)22-16-8-10-18-24(22)25;1-5-15-22-19-11-7-17(8-12-19)21(3,4)18-9-13-20(14-10-18)23-16-6-2;1-5-9-16-12-15(8-4,13-17-10-6-2)14-18-11-7-3;1-15(2,13-9-5-3-6-10-13)14-11-7-4-8-12-14;1-7(2,3)9-8(4,5)6;1-7-3-5-8(2)6-4-7;1-5(2,3)4;2*1-3-2/h1-18H;7-14H,5-6,15-16H2,1-4H3;5-14H2,1-4H3;3-12H,1-2H3;1-6H3;3-6H,1-2H3;1-4H3;3H,1-2H3;1-2H3. The lowest BCUT2D eigenvalue weighted by molar-refractivity contribution is -0.102. The zero-order valence-electron chi connectivity index (χ0n) is 72.9. The molecule has 0 atom stereocenters. The van der Waals surface area contributed by atoms with Crippen LogP contribution in [0.3, 0.4) is 0 Å². The van der Waals surface area contributed by atoms with Crippen LogP contribution in [0, 0.1) is 24.7 Å². The van der Waals surface area contributed by atoms with Gasteiger partial charge in [0.2, 0.25) is 0 Å². The lowest BCUT2D eigenvalue weighted by atomic mass is 9.68. The predicted molar refractivity (Wildman–Crippen MR) is 471 cm³/mol. The highest BCUT2D eigenvalue weighted by molar-refractivity contribution is 5.86. The van der Waals surface area contributed by atoms with Gasteiger partial charge in [-0.3, -0.25) is 0 Å². The third-order valence-corrected chi connectivity index (χ3v) is 17.3. The van der Waals surface area contributed by atoms with Crippen LogP contribution in [0.15, 0.2) is 243 Å². The lowest BCUT2D eigenvalue weighted by Crippen LogP contribution is -2.37. The predicted octanol–water partition coefficient (Wildman–Crippen LogP) is 26.4. The Morgan fingerprint density at radius 3 is 0.817 bits per heavy atom. The first kappa shape index (κ1) is 97.4. The number of ether oxygens (including phenoxy) is 7. The van der Waals surface area contributed by atoms with Crippen LogP contribution in [0.2, 0.25) is 0 Å². The zero-order chi connectivity index (χ0) is 81.4. The van der Waals surface area contributed by atoms with Crippen molar-refractivity contribution in [1.29, 1.82) is 0 Å². The van der Waals surface area contributed by atoms with E-state index >= 15 is 0 Å². The van der Waals surface area contributed by atoms with Crippen molar-refractivity contribution >= 4 is 0 Å². The number of benzene rings is 9. The summed E-state index contributed by atoms with van der Waals surface area (Å²) >= 11 is 0. The molecule has 0 fully saturated rings. The number of methoxy groups -OCH3 is 1. The lowest BCUT2D eigenvalue weighted by Gasteiger charge is -2.33. The van der Waals surface area contributed by atoms with Gasteiger partial charge in [-0.15, -0.1) is 0 Å². The van der Waals surface area contributed by atoms with E-state index in [4.69, 9.17) is 28.4 Å². The van der Waals surface area contributed by atoms with Crippen molar-refractivity contribution in [3.05, 3.63) is 298 Å². The monoisotopic (exact) mass is 1490 g/mol. The fourth-order valence-electron chi connectivity index (χ4n) is 12.1. The summed E-state index contributed by atoms with van der Waals surface area (Å²) in [5.74, 6) is 1.88. The van der Waals surface area contributed by atoms with Crippen LogP contribution in [0.5, 0.6) is 11.5 Å². The molecule has 8 nitrogen and oxygen atoms in total. The maximum Gasteiger partial charge on any atom is 0.119 e. The summed E-state index contributed by atoms with van der Waals surface area (Å²) < 4.78 is 38.4. The number of nitrogens with one attached hydrogen (secondary N) is 1. The third-order valence-electron chi connectivity index (χ3n) is 17.3. The van der Waals surface area contributed by atoms with Gasteiger partial charge >= 0.3 is 0 Å². The first-order valence-corrected chi connectivity index (χ1v) is 40.1. The van der Waals surface area contributed by atoms with Gasteiger partial charge < -0.3 is 38.5 Å². The molecule has 8 heteroatoms. The molecular formula is C101H147NO7. The Morgan fingerprint density at radius 2 is 0.569 bits per heavy atom. The molecule has 0 saturated heterocycles. The summed E-state index contributed by atoms with van der Waals surface area (Å²) in [5, 5.41) is 2.75. The summed E-state index contributed by atoms with van der Waals surface area (Å²) in [6.07, 6.45) is 6.27. The van der Waals surface area contributed by atoms with Gasteiger partial charge in [0, 0.05) is 50.3 Å². The number of fused-ring (bicyclic) bond motifs is 3. The normalized spacial score (nSPS) is 11.8. The van der Waals surface area contributed by atoms with Crippen molar-refractivity contribution in [1.82, 2.24) is 5.32 Å². The topological polar surface area (TPSA) is 76.6 Å². The van der Waals surface area contributed by atoms with Crippen LogP contribution in [0.4, 0.5) is 0 Å². The molecule has 0 radical (unpaired) electrons. The number of rotatable bonds is 25. The van der Waals surface area contributed by atoms with E-state index in [9.17, 15) is 0 Å². The van der Waals surface area contributed by atoms with Gasteiger partial charge in [0.25, 0.3) is 0 Å². The molecule has 109 heavy (non-hydrogen) atoms. The molecule has 1 aliphatic rings. The van der Waals surface area contributed by atoms with E-state index in [2.05, 4.69) is 405 Å². The SMILES string of the molecule is CC(C)(C)C.CC(C)(C)OC(C)(C)C.CC(C)(c1ccccc1)c1ccccc1.CCCOCC(CC)(COCCC)COCCC.CCCOc1ccc(C(C)(C)c2ccc(OCCC)cc2)cc1.CNC.COC.Cc1ccc(C)cc1.c1ccc(C2(c3ccccc3)c3ccccc3-c3ccccc32)cc1. The van der Waals surface area contributed by atoms with Crippen molar-refractivity contribution < 1.29 is 33.2 Å². The van der Waals surface area contributed by atoms with Gasteiger partial charge in [0.1, 0.15) is 11.5 Å². The van der Waals surface area contributed by atoms with E-state index < -0.39 is 0 Å². The molecule has 0 heterocycles. The highest BCUT2D eigenvalue weighted by Crippen LogP contribution is 2.56. The molecule has 10 rings (SSSR count). The molecule has 0 amide bonds. The maximum atomic E-state index is 5.74. The highest BCUT2D eigenvalue weighted by atomic mass is 16.5. The Morgan fingerprint density at radius 1 is 0.321 bits per heavy atom. The van der Waals surface area contributed by atoms with E-state index in [0.717, 1.165) is 103 Å². The van der Waals surface area contributed by atoms with Gasteiger partial charge in [0.05, 0.1) is 49.7 Å². The average Bonchev–Trinajstić information content (AvgIpc) is 1.55. The molecular weight excluding hydrogens is 1340 g/mol. The van der Waals surface area contributed by atoms with Crippen molar-refractivity contribution in [2.75, 3.05) is 81.2 Å². The first-order valence-electron chi connectivity index (χ1n) is 40.1. The van der Waals surface area contributed by atoms with Crippen molar-refractivity contribution in [3.63, 3.8) is 0 Å². The fourth-order valence-corrected chi connectivity index (χ4v) is 12.1. The Bertz CT molecular complexity index is 3450. The Kier molecular flexibility index (Phi) is 46.2. The largest absolute Gasteiger partial charge is 0.494 e. The second-order valence-corrected chi connectivity index (χ2v) is 32.7. The minimum absolute atomic E-state index is 0.0156. The molecule has 598 valence electrons. The molecule has 0 bridgehead atoms. The Balaban J connectivity index is 0.000000446. The quantitative estimate of drug-likeness (QED) is 0.0567. The van der Waals surface area contributed by atoms with Gasteiger partial charge in [-0.25, -0.2) is 0 Å². The molecule has 9 aromatic carbocycles.